The molecular weight excluding hydrogens is 347 g/mol. The molecule has 142 valence electrons. The van der Waals surface area contributed by atoms with E-state index in [0.717, 1.165) is 24.2 Å². The highest BCUT2D eigenvalue weighted by molar-refractivity contribution is 5.80. The molecule has 0 amide bonds. The summed E-state index contributed by atoms with van der Waals surface area (Å²) >= 11 is 0. The lowest BCUT2D eigenvalue weighted by molar-refractivity contribution is -0.0705. The largest absolute Gasteiger partial charge is 0.373 e. The van der Waals surface area contributed by atoms with Crippen LogP contribution in [0.25, 0.3) is 16.7 Å². The zero-order chi connectivity index (χ0) is 19.1. The third kappa shape index (κ3) is 3.52. The molecule has 2 atom stereocenters. The number of aromatic amines is 1. The number of benzene rings is 1. The zero-order valence-corrected chi connectivity index (χ0v) is 15.7. The highest BCUT2D eigenvalue weighted by Gasteiger charge is 2.23. The average Bonchev–Trinajstić information content (AvgIpc) is 2.91. The van der Waals surface area contributed by atoms with Crippen molar-refractivity contribution in [1.29, 1.82) is 0 Å². The number of pyridine rings is 1. The number of hydrogen-bond acceptors (Lipinski definition) is 4. The predicted molar refractivity (Wildman–Crippen MR) is 102 cm³/mol. The summed E-state index contributed by atoms with van der Waals surface area (Å²) in [6.07, 6.45) is 0.305. The minimum absolute atomic E-state index is 0.127. The fraction of sp³-hybridized carbons (Fsp3) is 0.400. The standard InChI is InChI=1S/C20H23FN4O2/c1-12-9-24(10-13(2)27-12)11-15-8-18-14(3)23-25(19(18)22-20(15)26)17-6-4-16(21)5-7-17/h4-8,12-13H,9-11H2,1-3H3,(H,22,26)/t12-,13-/m1/s1. The first-order chi connectivity index (χ1) is 12.9. The lowest BCUT2D eigenvalue weighted by atomic mass is 10.1. The number of fused-ring (bicyclic) bond motifs is 1. The molecule has 0 aliphatic carbocycles. The van der Waals surface area contributed by atoms with Crippen LogP contribution in [-0.4, -0.2) is 45.0 Å². The molecule has 1 N–H and O–H groups in total. The lowest BCUT2D eigenvalue weighted by Gasteiger charge is -2.35. The summed E-state index contributed by atoms with van der Waals surface area (Å²) in [6.45, 7) is 8.18. The number of nitrogens with one attached hydrogen (secondary N) is 1. The number of ether oxygens (including phenoxy) is 1. The van der Waals surface area contributed by atoms with E-state index in [-0.39, 0.29) is 23.6 Å². The minimum Gasteiger partial charge on any atom is -0.373 e. The van der Waals surface area contributed by atoms with Gasteiger partial charge in [-0.3, -0.25) is 9.69 Å². The average molecular weight is 370 g/mol. The van der Waals surface area contributed by atoms with E-state index >= 15 is 0 Å². The van der Waals surface area contributed by atoms with Crippen LogP contribution in [0.5, 0.6) is 0 Å². The van der Waals surface area contributed by atoms with Crippen LogP contribution in [-0.2, 0) is 11.3 Å². The second kappa shape index (κ2) is 6.90. The first-order valence-corrected chi connectivity index (χ1v) is 9.16. The van der Waals surface area contributed by atoms with Gasteiger partial charge >= 0.3 is 0 Å². The number of aryl methyl sites for hydroxylation is 1. The number of H-pyrrole nitrogens is 1. The summed E-state index contributed by atoms with van der Waals surface area (Å²) in [5.74, 6) is -0.309. The molecule has 3 aromatic rings. The maximum atomic E-state index is 13.2. The molecule has 1 fully saturated rings. The molecule has 0 radical (unpaired) electrons. The molecule has 0 unspecified atom stereocenters. The Morgan fingerprint density at radius 3 is 2.56 bits per heavy atom. The Hall–Kier alpha value is -2.51. The zero-order valence-electron chi connectivity index (χ0n) is 15.7. The van der Waals surface area contributed by atoms with E-state index in [1.807, 2.05) is 26.8 Å². The van der Waals surface area contributed by atoms with E-state index in [9.17, 15) is 9.18 Å². The van der Waals surface area contributed by atoms with E-state index in [1.165, 1.54) is 12.1 Å². The monoisotopic (exact) mass is 370 g/mol. The van der Waals surface area contributed by atoms with Crippen molar-refractivity contribution in [3.05, 3.63) is 57.8 Å². The predicted octanol–water partition coefficient (Wildman–Crippen LogP) is 2.77. The van der Waals surface area contributed by atoms with E-state index in [2.05, 4.69) is 15.0 Å². The van der Waals surface area contributed by atoms with Gasteiger partial charge in [0.05, 0.1) is 23.6 Å². The topological polar surface area (TPSA) is 63.2 Å². The van der Waals surface area contributed by atoms with Gasteiger partial charge in [0.25, 0.3) is 5.56 Å². The molecule has 3 heterocycles. The Bertz CT molecular complexity index is 1010. The van der Waals surface area contributed by atoms with Crippen LogP contribution in [0.15, 0.2) is 35.1 Å². The Kier molecular flexibility index (Phi) is 4.57. The Morgan fingerprint density at radius 1 is 1.22 bits per heavy atom. The molecule has 6 nitrogen and oxygen atoms in total. The van der Waals surface area contributed by atoms with Gasteiger partial charge in [0.2, 0.25) is 0 Å². The third-order valence-corrected chi connectivity index (χ3v) is 4.91. The second-order valence-corrected chi connectivity index (χ2v) is 7.31. The maximum Gasteiger partial charge on any atom is 0.254 e. The fourth-order valence-electron chi connectivity index (χ4n) is 3.80. The first-order valence-electron chi connectivity index (χ1n) is 9.16. The minimum atomic E-state index is -0.309. The molecule has 2 aromatic heterocycles. The van der Waals surface area contributed by atoms with Crippen LogP contribution in [0, 0.1) is 12.7 Å². The highest BCUT2D eigenvalue weighted by atomic mass is 19.1. The van der Waals surface area contributed by atoms with Crippen molar-refractivity contribution < 1.29 is 9.13 Å². The summed E-state index contributed by atoms with van der Waals surface area (Å²) in [5, 5.41) is 5.43. The quantitative estimate of drug-likeness (QED) is 0.770. The number of aromatic nitrogens is 3. The van der Waals surface area contributed by atoms with Gasteiger partial charge in [-0.2, -0.15) is 5.10 Å². The van der Waals surface area contributed by atoms with Crippen LogP contribution < -0.4 is 5.56 Å². The number of nitrogens with zero attached hydrogens (tertiary/aromatic N) is 3. The van der Waals surface area contributed by atoms with Crippen LogP contribution in [0.2, 0.25) is 0 Å². The van der Waals surface area contributed by atoms with Crippen molar-refractivity contribution in [3.8, 4) is 5.69 Å². The van der Waals surface area contributed by atoms with Gasteiger partial charge in [-0.1, -0.05) is 0 Å². The van der Waals surface area contributed by atoms with E-state index < -0.39 is 0 Å². The summed E-state index contributed by atoms with van der Waals surface area (Å²) in [6, 6.07) is 7.96. The molecule has 1 aliphatic rings. The van der Waals surface area contributed by atoms with Gasteiger partial charge in [0, 0.05) is 30.6 Å². The van der Waals surface area contributed by atoms with Crippen LogP contribution >= 0.6 is 0 Å². The summed E-state index contributed by atoms with van der Waals surface area (Å²) in [5.41, 5.74) is 2.73. The maximum absolute atomic E-state index is 13.2. The summed E-state index contributed by atoms with van der Waals surface area (Å²) in [7, 11) is 0. The van der Waals surface area contributed by atoms with Crippen molar-refractivity contribution in [3.63, 3.8) is 0 Å². The number of hydrogen-bond donors (Lipinski definition) is 1. The van der Waals surface area contributed by atoms with Crippen molar-refractivity contribution in [2.45, 2.75) is 39.5 Å². The van der Waals surface area contributed by atoms with Crippen molar-refractivity contribution in [1.82, 2.24) is 19.7 Å². The molecule has 1 aliphatic heterocycles. The Labute approximate surface area is 156 Å². The number of morpholine rings is 1. The lowest BCUT2D eigenvalue weighted by Crippen LogP contribution is -2.45. The Balaban J connectivity index is 1.71. The molecule has 1 saturated heterocycles. The SMILES string of the molecule is Cc1nn(-c2ccc(F)cc2)c2[nH]c(=O)c(CN3C[C@@H](C)O[C@H](C)C3)cc12. The molecular formula is C20H23FN4O2. The van der Waals surface area contributed by atoms with Crippen LogP contribution in [0.4, 0.5) is 4.39 Å². The van der Waals surface area contributed by atoms with Gasteiger partial charge in [-0.15, -0.1) is 0 Å². The van der Waals surface area contributed by atoms with Crippen LogP contribution in [0.3, 0.4) is 0 Å². The van der Waals surface area contributed by atoms with E-state index in [1.54, 1.807) is 16.8 Å². The molecule has 4 rings (SSSR count). The van der Waals surface area contributed by atoms with E-state index in [0.29, 0.717) is 23.4 Å². The molecule has 7 heteroatoms. The first kappa shape index (κ1) is 17.9. The van der Waals surface area contributed by atoms with Crippen molar-refractivity contribution in [2.75, 3.05) is 13.1 Å². The highest BCUT2D eigenvalue weighted by Crippen LogP contribution is 2.21. The normalized spacial score (nSPS) is 21.0. The molecule has 0 bridgehead atoms. The molecule has 27 heavy (non-hydrogen) atoms. The fourth-order valence-corrected chi connectivity index (χ4v) is 3.80. The third-order valence-electron chi connectivity index (χ3n) is 4.91. The van der Waals surface area contributed by atoms with Gasteiger partial charge in [-0.25, -0.2) is 9.07 Å². The van der Waals surface area contributed by atoms with Gasteiger partial charge in [-0.05, 0) is 51.1 Å². The smallest absolute Gasteiger partial charge is 0.254 e. The van der Waals surface area contributed by atoms with E-state index in [4.69, 9.17) is 4.74 Å². The van der Waals surface area contributed by atoms with Crippen molar-refractivity contribution >= 4 is 11.0 Å². The van der Waals surface area contributed by atoms with Gasteiger partial charge < -0.3 is 9.72 Å². The number of halogens is 1. The molecule has 1 aromatic carbocycles. The Morgan fingerprint density at radius 2 is 1.89 bits per heavy atom. The second-order valence-electron chi connectivity index (χ2n) is 7.31. The van der Waals surface area contributed by atoms with Gasteiger partial charge in [0.1, 0.15) is 11.5 Å². The summed E-state index contributed by atoms with van der Waals surface area (Å²) in [4.78, 5) is 17.9. The molecule has 0 saturated carbocycles. The van der Waals surface area contributed by atoms with Gasteiger partial charge in [0.15, 0.2) is 0 Å². The molecule has 0 spiro atoms. The van der Waals surface area contributed by atoms with Crippen molar-refractivity contribution in [2.24, 2.45) is 0 Å². The summed E-state index contributed by atoms with van der Waals surface area (Å²) < 4.78 is 20.6. The number of rotatable bonds is 3. The van der Waals surface area contributed by atoms with Crippen LogP contribution in [0.1, 0.15) is 25.1 Å².